The number of hydrogen-bond acceptors (Lipinski definition) is 5. The number of amides is 1. The highest BCUT2D eigenvalue weighted by atomic mass is 32.2. The minimum atomic E-state index is -0.0924. The van der Waals surface area contributed by atoms with Crippen LogP contribution in [-0.2, 0) is 11.3 Å². The summed E-state index contributed by atoms with van der Waals surface area (Å²) in [5, 5.41) is 10.3. The molecule has 1 aliphatic carbocycles. The fraction of sp³-hybridized carbons (Fsp3) is 0.609. The summed E-state index contributed by atoms with van der Waals surface area (Å²) in [6.45, 7) is 6.74. The van der Waals surface area contributed by atoms with Crippen molar-refractivity contribution in [2.75, 3.05) is 32.2 Å². The van der Waals surface area contributed by atoms with Crippen molar-refractivity contribution in [3.8, 4) is 17.7 Å². The molecular weight excluding hydrogens is 384 g/mol. The largest absolute Gasteiger partial charge is 0.508 e. The second kappa shape index (κ2) is 9.42. The zero-order valence-corrected chi connectivity index (χ0v) is 17.9. The van der Waals surface area contributed by atoms with E-state index in [1.54, 1.807) is 17.0 Å². The Morgan fingerprint density at radius 1 is 1.24 bits per heavy atom. The molecule has 1 saturated heterocycles. The maximum atomic E-state index is 12.5. The van der Waals surface area contributed by atoms with E-state index in [0.717, 1.165) is 56.5 Å². The van der Waals surface area contributed by atoms with Crippen molar-refractivity contribution in [1.29, 1.82) is 0 Å². The van der Waals surface area contributed by atoms with Gasteiger partial charge in [-0.1, -0.05) is 18.9 Å². The van der Waals surface area contributed by atoms with E-state index in [2.05, 4.69) is 35.6 Å². The Kier molecular flexibility index (Phi) is 6.69. The van der Waals surface area contributed by atoms with E-state index in [1.165, 1.54) is 12.8 Å². The highest BCUT2D eigenvalue weighted by molar-refractivity contribution is 7.99. The number of fused-ring (bicyclic) bond motifs is 1. The normalized spacial score (nSPS) is 26.0. The zero-order chi connectivity index (χ0) is 20.2. The Balaban J connectivity index is 1.23. The quantitative estimate of drug-likeness (QED) is 0.764. The van der Waals surface area contributed by atoms with Crippen LogP contribution in [-0.4, -0.2) is 58.2 Å². The lowest BCUT2D eigenvalue weighted by Crippen LogP contribution is -2.36. The summed E-state index contributed by atoms with van der Waals surface area (Å²) in [6, 6.07) is 8.09. The number of phenols is 1. The maximum Gasteiger partial charge on any atom is 0.266 e. The van der Waals surface area contributed by atoms with Gasteiger partial charge in [0.15, 0.2) is 0 Å². The van der Waals surface area contributed by atoms with E-state index in [1.807, 2.05) is 6.07 Å². The van der Waals surface area contributed by atoms with E-state index in [4.69, 9.17) is 4.74 Å². The van der Waals surface area contributed by atoms with Crippen molar-refractivity contribution < 1.29 is 14.6 Å². The van der Waals surface area contributed by atoms with Gasteiger partial charge in [0, 0.05) is 41.7 Å². The SMILES string of the molecule is CC(SCN1CCOCC1)C1CCC(C#CN2Cc3ccc(O)cc3C2=O)CC1. The number of morpholine rings is 1. The van der Waals surface area contributed by atoms with Gasteiger partial charge < -0.3 is 9.84 Å². The minimum absolute atomic E-state index is 0.0924. The van der Waals surface area contributed by atoms with Crippen molar-refractivity contribution in [3.05, 3.63) is 29.3 Å². The molecule has 2 aliphatic heterocycles. The van der Waals surface area contributed by atoms with Gasteiger partial charge in [-0.3, -0.25) is 14.6 Å². The first kappa shape index (κ1) is 20.6. The number of hydrogen-bond donors (Lipinski definition) is 1. The molecular formula is C23H30N2O3S. The third-order valence-electron chi connectivity index (χ3n) is 6.36. The van der Waals surface area contributed by atoms with Gasteiger partial charge in [0.2, 0.25) is 0 Å². The first-order valence-corrected chi connectivity index (χ1v) is 11.7. The van der Waals surface area contributed by atoms with Crippen LogP contribution in [0.15, 0.2) is 18.2 Å². The molecule has 1 unspecified atom stereocenters. The van der Waals surface area contributed by atoms with E-state index in [0.29, 0.717) is 23.3 Å². The summed E-state index contributed by atoms with van der Waals surface area (Å²) in [5.41, 5.74) is 1.52. The van der Waals surface area contributed by atoms with Crippen LogP contribution in [0, 0.1) is 23.8 Å². The van der Waals surface area contributed by atoms with Gasteiger partial charge in [0.25, 0.3) is 5.91 Å². The number of nitrogens with zero attached hydrogens (tertiary/aromatic N) is 2. The lowest BCUT2D eigenvalue weighted by Gasteiger charge is -2.32. The molecule has 0 aromatic heterocycles. The van der Waals surface area contributed by atoms with Crippen LogP contribution in [0.1, 0.15) is 48.5 Å². The summed E-state index contributed by atoms with van der Waals surface area (Å²) in [6.07, 6.45) is 4.68. The van der Waals surface area contributed by atoms with Crippen LogP contribution in [0.3, 0.4) is 0 Å². The van der Waals surface area contributed by atoms with Crippen LogP contribution in [0.5, 0.6) is 5.75 Å². The van der Waals surface area contributed by atoms with Crippen molar-refractivity contribution in [2.45, 2.75) is 44.4 Å². The van der Waals surface area contributed by atoms with E-state index < -0.39 is 0 Å². The molecule has 0 bridgehead atoms. The van der Waals surface area contributed by atoms with Gasteiger partial charge in [-0.2, -0.15) is 0 Å². The predicted molar refractivity (Wildman–Crippen MR) is 116 cm³/mol. The van der Waals surface area contributed by atoms with Gasteiger partial charge in [-0.15, -0.1) is 11.8 Å². The summed E-state index contributed by atoms with van der Waals surface area (Å²) in [4.78, 5) is 16.6. The van der Waals surface area contributed by atoms with Crippen molar-refractivity contribution in [3.63, 3.8) is 0 Å². The van der Waals surface area contributed by atoms with Gasteiger partial charge in [-0.05, 0) is 49.3 Å². The molecule has 4 rings (SSSR count). The fourth-order valence-corrected chi connectivity index (χ4v) is 5.62. The number of carbonyl (C=O) groups excluding carboxylic acids is 1. The number of ether oxygens (including phenoxy) is 1. The third-order valence-corrected chi connectivity index (χ3v) is 7.79. The Labute approximate surface area is 177 Å². The Bertz CT molecular complexity index is 789. The van der Waals surface area contributed by atoms with Gasteiger partial charge >= 0.3 is 0 Å². The van der Waals surface area contributed by atoms with Gasteiger partial charge in [0.05, 0.1) is 19.8 Å². The molecule has 1 N–H and O–H groups in total. The van der Waals surface area contributed by atoms with Gasteiger partial charge in [-0.25, -0.2) is 0 Å². The standard InChI is InChI=1S/C23H30N2O3S/c1-17(29-16-24-10-12-28-13-11-24)19-4-2-18(3-5-19)8-9-25-15-20-6-7-21(26)14-22(20)23(25)27/h6-7,14,17-19,26H,2-5,10-13,15-16H2,1H3. The molecule has 2 heterocycles. The minimum Gasteiger partial charge on any atom is -0.508 e. The first-order valence-electron chi connectivity index (χ1n) is 10.7. The zero-order valence-electron chi connectivity index (χ0n) is 17.1. The van der Waals surface area contributed by atoms with Gasteiger partial charge in [0.1, 0.15) is 5.75 Å². The molecule has 6 heteroatoms. The average molecular weight is 415 g/mol. The van der Waals surface area contributed by atoms with Crippen LogP contribution in [0.2, 0.25) is 0 Å². The van der Waals surface area contributed by atoms with E-state index in [9.17, 15) is 9.90 Å². The molecule has 1 saturated carbocycles. The first-order chi connectivity index (χ1) is 14.1. The molecule has 5 nitrogen and oxygen atoms in total. The van der Waals surface area contributed by atoms with Crippen molar-refractivity contribution in [2.24, 2.45) is 11.8 Å². The molecule has 1 atom stereocenters. The Morgan fingerprint density at radius 2 is 2.00 bits per heavy atom. The summed E-state index contributed by atoms with van der Waals surface area (Å²) in [7, 11) is 0. The number of carbonyl (C=O) groups is 1. The van der Waals surface area contributed by atoms with Crippen molar-refractivity contribution >= 4 is 17.7 Å². The Hall–Kier alpha value is -1.68. The highest BCUT2D eigenvalue weighted by Gasteiger charge is 2.28. The molecule has 0 spiro atoms. The van der Waals surface area contributed by atoms with Crippen molar-refractivity contribution in [1.82, 2.24) is 9.80 Å². The molecule has 3 aliphatic rings. The van der Waals surface area contributed by atoms with Crippen LogP contribution < -0.4 is 0 Å². The lowest BCUT2D eigenvalue weighted by atomic mass is 9.81. The van der Waals surface area contributed by atoms with Crippen LogP contribution in [0.25, 0.3) is 0 Å². The average Bonchev–Trinajstić information content (AvgIpc) is 3.06. The highest BCUT2D eigenvalue weighted by Crippen LogP contribution is 2.35. The number of rotatable bonds is 4. The molecule has 0 radical (unpaired) electrons. The second-order valence-electron chi connectivity index (χ2n) is 8.33. The van der Waals surface area contributed by atoms with E-state index in [-0.39, 0.29) is 11.7 Å². The second-order valence-corrected chi connectivity index (χ2v) is 9.67. The number of aromatic hydroxyl groups is 1. The monoisotopic (exact) mass is 414 g/mol. The predicted octanol–water partition coefficient (Wildman–Crippen LogP) is 3.53. The number of phenolic OH excluding ortho intramolecular Hbond substituents is 1. The summed E-state index contributed by atoms with van der Waals surface area (Å²) in [5.74, 6) is 5.64. The molecule has 156 valence electrons. The summed E-state index contributed by atoms with van der Waals surface area (Å²) < 4.78 is 5.43. The maximum absolute atomic E-state index is 12.5. The molecule has 1 aromatic carbocycles. The molecule has 2 fully saturated rings. The lowest BCUT2D eigenvalue weighted by molar-refractivity contribution is 0.0473. The topological polar surface area (TPSA) is 53.0 Å². The fourth-order valence-electron chi connectivity index (χ4n) is 4.37. The number of benzene rings is 1. The Morgan fingerprint density at radius 3 is 2.76 bits per heavy atom. The number of thioether (sulfide) groups is 1. The molecule has 29 heavy (non-hydrogen) atoms. The summed E-state index contributed by atoms with van der Waals surface area (Å²) >= 11 is 2.08. The smallest absolute Gasteiger partial charge is 0.266 e. The van der Waals surface area contributed by atoms with E-state index >= 15 is 0 Å². The van der Waals surface area contributed by atoms with Crippen LogP contribution in [0.4, 0.5) is 0 Å². The molecule has 1 aromatic rings. The third kappa shape index (κ3) is 5.09. The van der Waals surface area contributed by atoms with Crippen LogP contribution >= 0.6 is 11.8 Å². The molecule has 1 amide bonds.